The number of amides is 1. The molecule has 0 unspecified atom stereocenters. The molecule has 0 aromatic heterocycles. The zero-order valence-corrected chi connectivity index (χ0v) is 12.5. The second-order valence-corrected chi connectivity index (χ2v) is 7.26. The number of allylic oxidation sites excluding steroid dienone is 4. The van der Waals surface area contributed by atoms with Gasteiger partial charge in [-0.05, 0) is 0 Å². The fraction of sp³-hybridized carbons (Fsp3) is 0. The van der Waals surface area contributed by atoms with Gasteiger partial charge in [-0.2, -0.15) is 0 Å². The van der Waals surface area contributed by atoms with Crippen LogP contribution in [0.25, 0.3) is 5.57 Å². The van der Waals surface area contributed by atoms with E-state index in [-0.39, 0.29) is 20.9 Å². The number of nitrogens with one attached hydrogen (secondary N) is 1. The van der Waals surface area contributed by atoms with Gasteiger partial charge in [-0.15, -0.1) is 0 Å². The van der Waals surface area contributed by atoms with Crippen LogP contribution in [0.3, 0.4) is 0 Å². The Labute approximate surface area is 114 Å². The minimum atomic E-state index is -0.172. The van der Waals surface area contributed by atoms with Gasteiger partial charge in [-0.25, -0.2) is 0 Å². The van der Waals surface area contributed by atoms with Crippen LogP contribution in [0.15, 0.2) is 50.3 Å². The molecule has 4 heteroatoms. The molecular formula is C13H10BrNOSe. The van der Waals surface area contributed by atoms with Crippen molar-refractivity contribution in [3.63, 3.8) is 0 Å². The van der Waals surface area contributed by atoms with E-state index in [4.69, 9.17) is 0 Å². The number of anilines is 1. The van der Waals surface area contributed by atoms with E-state index in [1.165, 1.54) is 4.47 Å². The number of carbonyl (C=O) groups excluding carboxylic acids is 1. The molecule has 0 atom stereocenters. The van der Waals surface area contributed by atoms with Crippen molar-refractivity contribution in [2.45, 2.75) is 0 Å². The molecule has 2 aliphatic heterocycles. The first kappa shape index (κ1) is 11.0. The molecule has 0 saturated heterocycles. The second-order valence-electron chi connectivity index (χ2n) is 3.83. The molecule has 0 saturated carbocycles. The fourth-order valence-corrected chi connectivity index (χ4v) is 3.95. The van der Waals surface area contributed by atoms with Crippen molar-refractivity contribution in [1.29, 1.82) is 0 Å². The van der Waals surface area contributed by atoms with E-state index < -0.39 is 0 Å². The number of rotatable bonds is 1. The predicted molar refractivity (Wildman–Crippen MR) is 76.5 cm³/mol. The summed E-state index contributed by atoms with van der Waals surface area (Å²) in [5.74, 6) is -0.00231. The predicted octanol–water partition coefficient (Wildman–Crippen LogP) is 2.36. The van der Waals surface area contributed by atoms with Crippen molar-refractivity contribution in [3.8, 4) is 0 Å². The third-order valence-corrected chi connectivity index (χ3v) is 5.29. The number of fused-ring (bicyclic) bond motifs is 1. The summed E-state index contributed by atoms with van der Waals surface area (Å²) in [6, 6.07) is 5.88. The Morgan fingerprint density at radius 1 is 1.35 bits per heavy atom. The monoisotopic (exact) mass is 355 g/mol. The molecule has 3 rings (SSSR count). The fourth-order valence-electron chi connectivity index (χ4n) is 1.90. The SMILES string of the molecule is O=C1Nc2cc(Br)ccc2/C1=C/C1=CC=C[SeH2]1. The first-order valence-electron chi connectivity index (χ1n) is 5.20. The third-order valence-electron chi connectivity index (χ3n) is 2.69. The van der Waals surface area contributed by atoms with Crippen LogP contribution in [0.4, 0.5) is 5.69 Å². The maximum atomic E-state index is 11.9. The van der Waals surface area contributed by atoms with Gasteiger partial charge in [-0.3, -0.25) is 0 Å². The van der Waals surface area contributed by atoms with Crippen LogP contribution < -0.4 is 5.32 Å². The molecule has 1 aromatic carbocycles. The Hall–Kier alpha value is -1.09. The Kier molecular flexibility index (Phi) is 2.79. The quantitative estimate of drug-likeness (QED) is 0.608. The topological polar surface area (TPSA) is 29.1 Å². The van der Waals surface area contributed by atoms with Crippen molar-refractivity contribution in [2.75, 3.05) is 5.32 Å². The molecule has 86 valence electrons. The molecule has 1 N–H and O–H groups in total. The van der Waals surface area contributed by atoms with E-state index in [0.29, 0.717) is 0 Å². The van der Waals surface area contributed by atoms with Crippen molar-refractivity contribution in [3.05, 3.63) is 55.9 Å². The van der Waals surface area contributed by atoms with Crippen LogP contribution in [0.1, 0.15) is 5.56 Å². The Morgan fingerprint density at radius 2 is 2.24 bits per heavy atom. The van der Waals surface area contributed by atoms with Crippen molar-refractivity contribution in [2.24, 2.45) is 0 Å². The van der Waals surface area contributed by atoms with Crippen molar-refractivity contribution >= 4 is 48.1 Å². The van der Waals surface area contributed by atoms with Crippen LogP contribution in [-0.4, -0.2) is 20.9 Å². The van der Waals surface area contributed by atoms with Crippen LogP contribution in [0.2, 0.25) is 0 Å². The average Bonchev–Trinajstić information content (AvgIpc) is 2.88. The van der Waals surface area contributed by atoms with Crippen LogP contribution in [0.5, 0.6) is 0 Å². The van der Waals surface area contributed by atoms with Gasteiger partial charge in [0, 0.05) is 0 Å². The Bertz CT molecular complexity index is 601. The summed E-state index contributed by atoms with van der Waals surface area (Å²) in [5, 5.41) is 2.89. The first-order chi connectivity index (χ1) is 8.24. The summed E-state index contributed by atoms with van der Waals surface area (Å²) in [7, 11) is 0. The van der Waals surface area contributed by atoms with E-state index in [1.54, 1.807) is 0 Å². The van der Waals surface area contributed by atoms with E-state index in [9.17, 15) is 4.79 Å². The van der Waals surface area contributed by atoms with Crippen molar-refractivity contribution < 1.29 is 4.79 Å². The van der Waals surface area contributed by atoms with Gasteiger partial charge in [0.1, 0.15) is 0 Å². The van der Waals surface area contributed by atoms with Crippen molar-refractivity contribution in [1.82, 2.24) is 0 Å². The second kappa shape index (κ2) is 4.30. The standard InChI is InChI=1S/C13H10BrNOSe/c14-8-3-4-10-11(7-9-2-1-5-17-9)13(16)15-12(10)6-8/h1-7H,17H2,(H,15,16)/b11-7-. The van der Waals surface area contributed by atoms with Gasteiger partial charge in [0.05, 0.1) is 0 Å². The number of carbonyl (C=O) groups is 1. The minimum absolute atomic E-state index is 0.00231. The van der Waals surface area contributed by atoms with Crippen LogP contribution >= 0.6 is 15.9 Å². The summed E-state index contributed by atoms with van der Waals surface area (Å²) in [6.45, 7) is 0. The van der Waals surface area contributed by atoms with Gasteiger partial charge in [-0.1, -0.05) is 0 Å². The van der Waals surface area contributed by atoms with Gasteiger partial charge in [0.2, 0.25) is 0 Å². The molecule has 0 fully saturated rings. The molecular weight excluding hydrogens is 345 g/mol. The maximum absolute atomic E-state index is 11.9. The summed E-state index contributed by atoms with van der Waals surface area (Å²) in [6.07, 6.45) is 6.19. The number of benzene rings is 1. The van der Waals surface area contributed by atoms with Gasteiger partial charge in [0.15, 0.2) is 0 Å². The number of halogens is 1. The Morgan fingerprint density at radius 3 is 3.00 bits per heavy atom. The summed E-state index contributed by atoms with van der Waals surface area (Å²) in [4.78, 5) is 14.1. The van der Waals surface area contributed by atoms with Gasteiger partial charge >= 0.3 is 114 Å². The molecule has 0 radical (unpaired) electrons. The molecule has 1 amide bonds. The van der Waals surface area contributed by atoms with E-state index >= 15 is 0 Å². The zero-order valence-electron chi connectivity index (χ0n) is 8.83. The molecule has 0 aliphatic carbocycles. The van der Waals surface area contributed by atoms with E-state index in [1.807, 2.05) is 24.3 Å². The molecule has 17 heavy (non-hydrogen) atoms. The normalized spacial score (nSPS) is 21.8. The zero-order chi connectivity index (χ0) is 11.8. The van der Waals surface area contributed by atoms with Gasteiger partial charge in [0.25, 0.3) is 0 Å². The van der Waals surface area contributed by atoms with E-state index in [0.717, 1.165) is 21.3 Å². The van der Waals surface area contributed by atoms with Gasteiger partial charge < -0.3 is 0 Å². The average molecular weight is 355 g/mol. The Balaban J connectivity index is 2.05. The molecule has 2 aliphatic rings. The summed E-state index contributed by atoms with van der Waals surface area (Å²) in [5.41, 5.74) is 2.67. The molecule has 1 aromatic rings. The number of hydrogen-bond acceptors (Lipinski definition) is 1. The molecule has 2 nitrogen and oxygen atoms in total. The van der Waals surface area contributed by atoms with Crippen LogP contribution in [0, 0.1) is 0 Å². The van der Waals surface area contributed by atoms with E-state index in [2.05, 4.69) is 38.4 Å². The number of hydrogen-bond donors (Lipinski definition) is 1. The molecule has 2 heterocycles. The molecule has 0 bridgehead atoms. The summed E-state index contributed by atoms with van der Waals surface area (Å²) < 4.78 is 2.28. The third kappa shape index (κ3) is 2.04. The molecule has 0 spiro atoms. The summed E-state index contributed by atoms with van der Waals surface area (Å²) >= 11 is 3.23. The first-order valence-corrected chi connectivity index (χ1v) is 8.26. The van der Waals surface area contributed by atoms with Crippen LogP contribution in [-0.2, 0) is 4.79 Å².